The van der Waals surface area contributed by atoms with Crippen molar-refractivity contribution >= 4 is 33.2 Å². The molecule has 7 nitrogen and oxygen atoms in total. The van der Waals surface area contributed by atoms with Crippen molar-refractivity contribution in [3.8, 4) is 0 Å². The molecule has 140 valence electrons. The maximum absolute atomic E-state index is 12.7. The fourth-order valence-corrected chi connectivity index (χ4v) is 6.20. The molecule has 0 radical (unpaired) electrons. The largest absolute Gasteiger partial charge is 0.323 e. The van der Waals surface area contributed by atoms with Crippen molar-refractivity contribution in [3.05, 3.63) is 24.3 Å². The van der Waals surface area contributed by atoms with Crippen molar-refractivity contribution < 1.29 is 18.0 Å². The molecule has 2 saturated heterocycles. The highest BCUT2D eigenvalue weighted by Gasteiger charge is 2.58. The molecule has 0 atom stereocenters. The molecule has 0 aromatic heterocycles. The van der Waals surface area contributed by atoms with Crippen LogP contribution in [0.4, 0.5) is 11.4 Å². The van der Waals surface area contributed by atoms with E-state index in [9.17, 15) is 18.0 Å². The lowest BCUT2D eigenvalue weighted by atomic mass is 10.2. The number of benzene rings is 1. The summed E-state index contributed by atoms with van der Waals surface area (Å²) in [7, 11) is -3.40. The minimum absolute atomic E-state index is 0.0426. The Morgan fingerprint density at radius 1 is 1.12 bits per heavy atom. The van der Waals surface area contributed by atoms with Crippen molar-refractivity contribution in [3.63, 3.8) is 0 Å². The Labute approximate surface area is 153 Å². The summed E-state index contributed by atoms with van der Waals surface area (Å²) in [6.07, 6.45) is 4.21. The molecule has 1 spiro atoms. The Hall–Kier alpha value is -1.93. The van der Waals surface area contributed by atoms with E-state index in [2.05, 4.69) is 5.32 Å². The van der Waals surface area contributed by atoms with Gasteiger partial charge in [0.05, 0.1) is 22.7 Å². The van der Waals surface area contributed by atoms with Crippen LogP contribution in [-0.4, -0.2) is 48.9 Å². The van der Waals surface area contributed by atoms with Gasteiger partial charge in [0.15, 0.2) is 0 Å². The van der Waals surface area contributed by atoms with E-state index in [1.807, 2.05) is 6.07 Å². The molecule has 1 aromatic rings. The van der Waals surface area contributed by atoms with Crippen LogP contribution in [0.15, 0.2) is 24.3 Å². The highest BCUT2D eigenvalue weighted by Crippen LogP contribution is 2.50. The first kappa shape index (κ1) is 17.5. The number of nitrogens with zero attached hydrogens (tertiary/aromatic N) is 2. The van der Waals surface area contributed by atoms with E-state index < -0.39 is 14.8 Å². The number of anilines is 2. The molecule has 2 amide bonds. The van der Waals surface area contributed by atoms with Gasteiger partial charge in [0.1, 0.15) is 0 Å². The van der Waals surface area contributed by atoms with E-state index in [0.717, 1.165) is 12.8 Å². The van der Waals surface area contributed by atoms with Gasteiger partial charge in [-0.05, 0) is 44.2 Å². The van der Waals surface area contributed by atoms with Gasteiger partial charge in [0, 0.05) is 19.5 Å². The Morgan fingerprint density at radius 2 is 1.88 bits per heavy atom. The molecule has 1 aliphatic carbocycles. The molecule has 2 heterocycles. The van der Waals surface area contributed by atoms with Gasteiger partial charge in [-0.1, -0.05) is 12.1 Å². The van der Waals surface area contributed by atoms with Crippen molar-refractivity contribution in [2.45, 2.75) is 43.3 Å². The predicted octanol–water partition coefficient (Wildman–Crippen LogP) is 1.71. The van der Waals surface area contributed by atoms with Gasteiger partial charge in [0.25, 0.3) is 0 Å². The number of hydrogen-bond acceptors (Lipinski definition) is 4. The molecule has 3 fully saturated rings. The van der Waals surface area contributed by atoms with Crippen LogP contribution in [0.3, 0.4) is 0 Å². The average Bonchev–Trinajstić information content (AvgIpc) is 3.27. The Bertz CT molecular complexity index is 848. The molecule has 2 aliphatic heterocycles. The number of carbonyl (C=O) groups is 2. The quantitative estimate of drug-likeness (QED) is 0.865. The monoisotopic (exact) mass is 377 g/mol. The normalized spacial score (nSPS) is 24.0. The molecule has 0 unspecified atom stereocenters. The van der Waals surface area contributed by atoms with E-state index in [1.54, 1.807) is 23.1 Å². The summed E-state index contributed by atoms with van der Waals surface area (Å²) in [5.41, 5.74) is 1.21. The molecule has 1 saturated carbocycles. The molecule has 1 aromatic carbocycles. The first-order valence-corrected chi connectivity index (χ1v) is 10.6. The van der Waals surface area contributed by atoms with Gasteiger partial charge in [-0.25, -0.2) is 8.42 Å². The zero-order valence-corrected chi connectivity index (χ0v) is 15.4. The average molecular weight is 377 g/mol. The van der Waals surface area contributed by atoms with Gasteiger partial charge >= 0.3 is 0 Å². The Balaban J connectivity index is 1.48. The summed E-state index contributed by atoms with van der Waals surface area (Å²) < 4.78 is 26.1. The van der Waals surface area contributed by atoms with Crippen LogP contribution in [-0.2, 0) is 19.6 Å². The standard InChI is InChI=1S/C18H23N3O4S/c22-16(13-20-11-4-8-18(9-10-18)26(20,24)25)19-14-5-1-2-6-15(14)21-12-3-7-17(21)23/h1-2,5-6H,3-4,7-13H2,(H,19,22). The van der Waals surface area contributed by atoms with Crippen molar-refractivity contribution in [2.24, 2.45) is 0 Å². The molecule has 4 rings (SSSR count). The number of hydrogen-bond donors (Lipinski definition) is 1. The zero-order valence-electron chi connectivity index (χ0n) is 14.6. The highest BCUT2D eigenvalue weighted by molar-refractivity contribution is 7.90. The number of sulfonamides is 1. The summed E-state index contributed by atoms with van der Waals surface area (Å²) in [4.78, 5) is 26.2. The van der Waals surface area contributed by atoms with E-state index >= 15 is 0 Å². The van der Waals surface area contributed by atoms with E-state index in [0.29, 0.717) is 50.1 Å². The first-order valence-electron chi connectivity index (χ1n) is 9.12. The van der Waals surface area contributed by atoms with Crippen LogP contribution in [0.1, 0.15) is 38.5 Å². The lowest BCUT2D eigenvalue weighted by Crippen LogP contribution is -2.48. The SMILES string of the molecule is O=C(CN1CCCC2(CC2)S1(=O)=O)Nc1ccccc1N1CCCC1=O. The lowest BCUT2D eigenvalue weighted by Gasteiger charge is -2.32. The van der Waals surface area contributed by atoms with E-state index in [1.165, 1.54) is 4.31 Å². The van der Waals surface area contributed by atoms with Gasteiger partial charge in [-0.2, -0.15) is 4.31 Å². The molecule has 3 aliphatic rings. The van der Waals surface area contributed by atoms with Crippen molar-refractivity contribution in [2.75, 3.05) is 29.9 Å². The zero-order chi connectivity index (χ0) is 18.4. The molecular formula is C18H23N3O4S. The van der Waals surface area contributed by atoms with Crippen LogP contribution in [0.5, 0.6) is 0 Å². The van der Waals surface area contributed by atoms with Crippen LogP contribution in [0.2, 0.25) is 0 Å². The Morgan fingerprint density at radius 3 is 2.58 bits per heavy atom. The number of amides is 2. The number of nitrogens with one attached hydrogen (secondary N) is 1. The summed E-state index contributed by atoms with van der Waals surface area (Å²) >= 11 is 0. The summed E-state index contributed by atoms with van der Waals surface area (Å²) in [5.74, 6) is -0.327. The van der Waals surface area contributed by atoms with E-state index in [-0.39, 0.29) is 18.4 Å². The van der Waals surface area contributed by atoms with Crippen molar-refractivity contribution in [1.29, 1.82) is 0 Å². The van der Waals surface area contributed by atoms with Gasteiger partial charge < -0.3 is 10.2 Å². The van der Waals surface area contributed by atoms with Crippen LogP contribution < -0.4 is 10.2 Å². The fourth-order valence-electron chi connectivity index (χ4n) is 3.98. The second kappa shape index (κ2) is 6.35. The topological polar surface area (TPSA) is 86.8 Å². The highest BCUT2D eigenvalue weighted by atomic mass is 32.2. The fraction of sp³-hybridized carbons (Fsp3) is 0.556. The van der Waals surface area contributed by atoms with Gasteiger partial charge in [0.2, 0.25) is 21.8 Å². The van der Waals surface area contributed by atoms with Crippen molar-refractivity contribution in [1.82, 2.24) is 4.31 Å². The third-order valence-electron chi connectivity index (χ3n) is 5.60. The smallest absolute Gasteiger partial charge is 0.239 e. The maximum Gasteiger partial charge on any atom is 0.239 e. The minimum Gasteiger partial charge on any atom is -0.323 e. The van der Waals surface area contributed by atoms with E-state index in [4.69, 9.17) is 0 Å². The third kappa shape index (κ3) is 2.91. The molecule has 8 heteroatoms. The maximum atomic E-state index is 12.7. The number of rotatable bonds is 4. The summed E-state index contributed by atoms with van der Waals surface area (Å²) in [6, 6.07) is 7.15. The minimum atomic E-state index is -3.40. The third-order valence-corrected chi connectivity index (χ3v) is 8.30. The molecular weight excluding hydrogens is 354 g/mol. The van der Waals surface area contributed by atoms with Crippen LogP contribution in [0.25, 0.3) is 0 Å². The molecule has 0 bridgehead atoms. The number of para-hydroxylation sites is 2. The first-order chi connectivity index (χ1) is 12.4. The predicted molar refractivity (Wildman–Crippen MR) is 98.4 cm³/mol. The number of carbonyl (C=O) groups excluding carboxylic acids is 2. The second-order valence-electron chi connectivity index (χ2n) is 7.34. The Kier molecular flexibility index (Phi) is 4.27. The summed E-state index contributed by atoms with van der Waals surface area (Å²) in [5, 5.41) is 2.80. The van der Waals surface area contributed by atoms with Gasteiger partial charge in [-0.15, -0.1) is 0 Å². The molecule has 26 heavy (non-hydrogen) atoms. The lowest BCUT2D eigenvalue weighted by molar-refractivity contribution is -0.117. The summed E-state index contributed by atoms with van der Waals surface area (Å²) in [6.45, 7) is 0.852. The second-order valence-corrected chi connectivity index (χ2v) is 9.67. The van der Waals surface area contributed by atoms with Gasteiger partial charge in [-0.3, -0.25) is 9.59 Å². The molecule has 1 N–H and O–H groups in total. The van der Waals surface area contributed by atoms with Crippen LogP contribution >= 0.6 is 0 Å². The van der Waals surface area contributed by atoms with Crippen LogP contribution in [0, 0.1) is 0 Å².